The van der Waals surface area contributed by atoms with Gasteiger partial charge in [-0.15, -0.1) is 0 Å². The smallest absolute Gasteiger partial charge is 0.0657 e. The van der Waals surface area contributed by atoms with E-state index in [4.69, 9.17) is 0 Å². The molecule has 0 saturated heterocycles. The lowest BCUT2D eigenvalue weighted by Gasteiger charge is -2.12. The molecule has 0 N–H and O–H groups in total. The second-order valence-corrected chi connectivity index (χ2v) is 3.07. The molecule has 0 spiro atoms. The summed E-state index contributed by atoms with van der Waals surface area (Å²) < 4.78 is 0. The highest BCUT2D eigenvalue weighted by Gasteiger charge is 1.99. The third kappa shape index (κ3) is 5.01. The Morgan fingerprint density at radius 3 is 2.47 bits per heavy atom. The van der Waals surface area contributed by atoms with Crippen LogP contribution < -0.4 is 0 Å². The summed E-state index contributed by atoms with van der Waals surface area (Å²) in [6.07, 6.45) is 9.36. The summed E-state index contributed by atoms with van der Waals surface area (Å²) >= 11 is 0. The molecule has 0 rings (SSSR count). The summed E-state index contributed by atoms with van der Waals surface area (Å²) in [5, 5.41) is 0. The first-order valence-corrected chi connectivity index (χ1v) is 5.00. The minimum atomic E-state index is 0.908. The molecule has 2 heteroatoms. The van der Waals surface area contributed by atoms with Gasteiger partial charge < -0.3 is 4.90 Å². The van der Waals surface area contributed by atoms with Gasteiger partial charge in [0.1, 0.15) is 0 Å². The summed E-state index contributed by atoms with van der Waals surface area (Å²) in [6.45, 7) is 10.5. The SMILES string of the molecule is C=CC=CC(=NC)C(C=C)=CN(C)CC. The predicted molar refractivity (Wildman–Crippen MR) is 69.3 cm³/mol. The highest BCUT2D eigenvalue weighted by atomic mass is 15.1. The summed E-state index contributed by atoms with van der Waals surface area (Å²) in [5.74, 6) is 0. The van der Waals surface area contributed by atoms with Gasteiger partial charge in [-0.3, -0.25) is 4.99 Å². The van der Waals surface area contributed by atoms with E-state index in [0.29, 0.717) is 0 Å². The molecule has 2 nitrogen and oxygen atoms in total. The molecule has 0 fully saturated rings. The van der Waals surface area contributed by atoms with E-state index in [2.05, 4.69) is 30.0 Å². The number of allylic oxidation sites excluding steroid dienone is 5. The van der Waals surface area contributed by atoms with E-state index < -0.39 is 0 Å². The van der Waals surface area contributed by atoms with Gasteiger partial charge >= 0.3 is 0 Å². The maximum Gasteiger partial charge on any atom is 0.0657 e. The lowest BCUT2D eigenvalue weighted by Crippen LogP contribution is -2.12. The Balaban J connectivity index is 4.93. The first-order valence-electron chi connectivity index (χ1n) is 5.00. The standard InChI is InChI=1S/C13H20N2/c1-6-9-10-13(14-4)12(7-2)11-15(5)8-3/h6-7,9-11H,1-2,8H2,3-5H3. The van der Waals surface area contributed by atoms with Gasteiger partial charge in [0.25, 0.3) is 0 Å². The number of aliphatic imine (C=N–C) groups is 1. The Hall–Kier alpha value is -1.57. The fraction of sp³-hybridized carbons (Fsp3) is 0.308. The van der Waals surface area contributed by atoms with E-state index in [0.717, 1.165) is 17.8 Å². The van der Waals surface area contributed by atoms with Crippen molar-refractivity contribution in [3.05, 3.63) is 49.2 Å². The fourth-order valence-corrected chi connectivity index (χ4v) is 1.01. The van der Waals surface area contributed by atoms with Gasteiger partial charge in [0, 0.05) is 32.4 Å². The molecule has 0 saturated carbocycles. The number of hydrogen-bond donors (Lipinski definition) is 0. The lowest BCUT2D eigenvalue weighted by molar-refractivity contribution is 0.483. The third-order valence-corrected chi connectivity index (χ3v) is 2.01. The van der Waals surface area contributed by atoms with Crippen molar-refractivity contribution < 1.29 is 0 Å². The molecular weight excluding hydrogens is 184 g/mol. The predicted octanol–water partition coefficient (Wildman–Crippen LogP) is 2.82. The van der Waals surface area contributed by atoms with Crippen molar-refractivity contribution in [2.75, 3.05) is 20.6 Å². The average Bonchev–Trinajstić information content (AvgIpc) is 2.27. The molecule has 0 aromatic rings. The van der Waals surface area contributed by atoms with Gasteiger partial charge in [-0.2, -0.15) is 0 Å². The summed E-state index contributed by atoms with van der Waals surface area (Å²) in [6, 6.07) is 0. The molecule has 0 atom stereocenters. The Bertz CT molecular complexity index is 296. The van der Waals surface area contributed by atoms with Crippen molar-refractivity contribution in [2.45, 2.75) is 6.92 Å². The molecular formula is C13H20N2. The van der Waals surface area contributed by atoms with Crippen molar-refractivity contribution in [1.82, 2.24) is 4.90 Å². The second kappa shape index (κ2) is 7.80. The van der Waals surface area contributed by atoms with Crippen LogP contribution in [0.25, 0.3) is 0 Å². The Kier molecular flexibility index (Phi) is 6.98. The summed E-state index contributed by atoms with van der Waals surface area (Å²) in [5.41, 5.74) is 1.92. The van der Waals surface area contributed by atoms with E-state index in [-0.39, 0.29) is 0 Å². The van der Waals surface area contributed by atoms with E-state index in [1.807, 2.05) is 31.5 Å². The zero-order chi connectivity index (χ0) is 11.7. The zero-order valence-electron chi connectivity index (χ0n) is 9.90. The maximum atomic E-state index is 4.20. The van der Waals surface area contributed by atoms with Crippen molar-refractivity contribution in [1.29, 1.82) is 0 Å². The summed E-state index contributed by atoms with van der Waals surface area (Å²) in [7, 11) is 3.79. The largest absolute Gasteiger partial charge is 0.380 e. The van der Waals surface area contributed by atoms with Crippen LogP contribution in [0.2, 0.25) is 0 Å². The Labute approximate surface area is 93.0 Å². The van der Waals surface area contributed by atoms with Crippen LogP contribution in [0.1, 0.15) is 6.92 Å². The van der Waals surface area contributed by atoms with Crippen LogP contribution in [0.3, 0.4) is 0 Å². The van der Waals surface area contributed by atoms with Crippen molar-refractivity contribution in [2.24, 2.45) is 4.99 Å². The molecule has 0 aromatic heterocycles. The van der Waals surface area contributed by atoms with Crippen molar-refractivity contribution in [3.63, 3.8) is 0 Å². The van der Waals surface area contributed by atoms with Crippen LogP contribution in [-0.4, -0.2) is 31.3 Å². The highest BCUT2D eigenvalue weighted by molar-refractivity contribution is 6.10. The van der Waals surface area contributed by atoms with Crippen LogP contribution in [0.5, 0.6) is 0 Å². The third-order valence-electron chi connectivity index (χ3n) is 2.01. The number of rotatable bonds is 6. The molecule has 0 aromatic carbocycles. The summed E-state index contributed by atoms with van der Waals surface area (Å²) in [4.78, 5) is 6.29. The van der Waals surface area contributed by atoms with E-state index in [1.54, 1.807) is 13.1 Å². The van der Waals surface area contributed by atoms with Gasteiger partial charge in [0.2, 0.25) is 0 Å². The van der Waals surface area contributed by atoms with Gasteiger partial charge in [-0.05, 0) is 13.0 Å². The molecule has 15 heavy (non-hydrogen) atoms. The topological polar surface area (TPSA) is 15.6 Å². The average molecular weight is 204 g/mol. The monoisotopic (exact) mass is 204 g/mol. The molecule has 0 heterocycles. The van der Waals surface area contributed by atoms with Crippen molar-refractivity contribution >= 4 is 5.71 Å². The molecule has 82 valence electrons. The van der Waals surface area contributed by atoms with Crippen LogP contribution in [0, 0.1) is 0 Å². The van der Waals surface area contributed by atoms with Gasteiger partial charge in [0.15, 0.2) is 0 Å². The van der Waals surface area contributed by atoms with Gasteiger partial charge in [0.05, 0.1) is 5.71 Å². The first-order chi connectivity index (χ1) is 7.19. The Morgan fingerprint density at radius 2 is 2.07 bits per heavy atom. The highest BCUT2D eigenvalue weighted by Crippen LogP contribution is 2.03. The quantitative estimate of drug-likeness (QED) is 0.480. The van der Waals surface area contributed by atoms with Crippen molar-refractivity contribution in [3.8, 4) is 0 Å². The molecule has 0 bridgehead atoms. The van der Waals surface area contributed by atoms with Crippen LogP contribution in [0.4, 0.5) is 0 Å². The molecule has 0 aliphatic heterocycles. The van der Waals surface area contributed by atoms with E-state index >= 15 is 0 Å². The van der Waals surface area contributed by atoms with Gasteiger partial charge in [-0.1, -0.05) is 31.4 Å². The maximum absolute atomic E-state index is 4.20. The zero-order valence-corrected chi connectivity index (χ0v) is 9.90. The van der Waals surface area contributed by atoms with Crippen LogP contribution in [0.15, 0.2) is 54.2 Å². The van der Waals surface area contributed by atoms with E-state index in [1.165, 1.54) is 0 Å². The normalized spacial score (nSPS) is 13.0. The number of nitrogens with zero attached hydrogens (tertiary/aromatic N) is 2. The fourth-order valence-electron chi connectivity index (χ4n) is 1.01. The van der Waals surface area contributed by atoms with E-state index in [9.17, 15) is 0 Å². The number of hydrogen-bond acceptors (Lipinski definition) is 2. The van der Waals surface area contributed by atoms with Crippen LogP contribution >= 0.6 is 0 Å². The molecule has 0 radical (unpaired) electrons. The minimum Gasteiger partial charge on any atom is -0.380 e. The minimum absolute atomic E-state index is 0.908. The first kappa shape index (κ1) is 13.4. The second-order valence-electron chi connectivity index (χ2n) is 3.07. The molecule has 0 amide bonds. The Morgan fingerprint density at radius 1 is 1.40 bits per heavy atom. The lowest BCUT2D eigenvalue weighted by atomic mass is 10.1. The van der Waals surface area contributed by atoms with Crippen LogP contribution in [-0.2, 0) is 0 Å². The van der Waals surface area contributed by atoms with Gasteiger partial charge in [-0.25, -0.2) is 0 Å². The molecule has 0 unspecified atom stereocenters. The molecule has 0 aliphatic carbocycles. The molecule has 0 aliphatic rings.